The number of Topliss-reactive ketones (excluding diaryl/α,β-unsaturated/α-hetero) is 1. The lowest BCUT2D eigenvalue weighted by Gasteiger charge is -2.38. The van der Waals surface area contributed by atoms with Crippen molar-refractivity contribution in [2.75, 3.05) is 6.54 Å². The van der Waals surface area contributed by atoms with Crippen molar-refractivity contribution in [2.45, 2.75) is 110 Å². The predicted octanol–water partition coefficient (Wildman–Crippen LogP) is 2.56. The first-order chi connectivity index (χ1) is 18.4. The van der Waals surface area contributed by atoms with Crippen molar-refractivity contribution in [3.63, 3.8) is 0 Å². The Labute approximate surface area is 234 Å². The highest BCUT2D eigenvalue weighted by Gasteiger charge is 2.70. The molecule has 4 N–H and O–H groups in total. The van der Waals surface area contributed by atoms with Gasteiger partial charge in [0.15, 0.2) is 0 Å². The van der Waals surface area contributed by atoms with Gasteiger partial charge in [-0.2, -0.15) is 0 Å². The summed E-state index contributed by atoms with van der Waals surface area (Å²) in [6.07, 6.45) is 1.71. The largest absolute Gasteiger partial charge is 0.363 e. The molecule has 1 unspecified atom stereocenters. The summed E-state index contributed by atoms with van der Waals surface area (Å²) < 4.78 is 28.0. The lowest BCUT2D eigenvalue weighted by molar-refractivity contribution is -0.146. The number of amides is 4. The SMILES string of the molecule is CC(C)(C)CC(=O)N[C@H](C(=O)N1C[C@H]2[C@@H]([C@H]1C(=O)NC(CC1CC1)C(=O)C(N)=O)C2(C)C)C1CCC(F)(F)CC1. The molecule has 1 heterocycles. The van der Waals surface area contributed by atoms with Crippen LogP contribution in [-0.2, 0) is 24.0 Å². The molecule has 4 fully saturated rings. The fourth-order valence-corrected chi connectivity index (χ4v) is 6.82. The summed E-state index contributed by atoms with van der Waals surface area (Å²) in [4.78, 5) is 66.4. The normalized spacial score (nSPS) is 28.7. The number of nitrogens with one attached hydrogen (secondary N) is 2. The van der Waals surface area contributed by atoms with Crippen LogP contribution >= 0.6 is 0 Å². The molecule has 0 bridgehead atoms. The van der Waals surface area contributed by atoms with Crippen LogP contribution in [0.4, 0.5) is 8.78 Å². The van der Waals surface area contributed by atoms with Crippen molar-refractivity contribution in [1.29, 1.82) is 0 Å². The molecule has 9 nitrogen and oxygen atoms in total. The fraction of sp³-hybridized carbons (Fsp3) is 0.828. The van der Waals surface area contributed by atoms with Crippen LogP contribution in [0.3, 0.4) is 0 Å². The molecular weight excluding hydrogens is 522 g/mol. The van der Waals surface area contributed by atoms with Crippen LogP contribution < -0.4 is 16.4 Å². The van der Waals surface area contributed by atoms with Crippen molar-refractivity contribution in [1.82, 2.24) is 15.5 Å². The van der Waals surface area contributed by atoms with E-state index in [0.717, 1.165) is 12.8 Å². The minimum atomic E-state index is -2.80. The van der Waals surface area contributed by atoms with E-state index in [1.54, 1.807) is 0 Å². The number of piperidine rings is 1. The Balaban J connectivity index is 1.57. The molecule has 0 aromatic rings. The molecule has 0 radical (unpaired) electrons. The summed E-state index contributed by atoms with van der Waals surface area (Å²) in [7, 11) is 0. The molecule has 3 aliphatic carbocycles. The lowest BCUT2D eigenvalue weighted by Crippen LogP contribution is -2.60. The number of alkyl halides is 2. The number of nitrogens with zero attached hydrogens (tertiary/aromatic N) is 1. The molecule has 4 rings (SSSR count). The first-order valence-corrected chi connectivity index (χ1v) is 14.5. The molecule has 4 aliphatic rings. The van der Waals surface area contributed by atoms with Crippen LogP contribution in [0.15, 0.2) is 0 Å². The van der Waals surface area contributed by atoms with E-state index in [0.29, 0.717) is 13.0 Å². The minimum absolute atomic E-state index is 0.0440. The van der Waals surface area contributed by atoms with Crippen molar-refractivity contribution < 1.29 is 32.8 Å². The summed E-state index contributed by atoms with van der Waals surface area (Å²) in [6, 6.07) is -2.99. The molecule has 5 atom stereocenters. The molecule has 0 spiro atoms. The second-order valence-corrected chi connectivity index (χ2v) is 14.3. The summed E-state index contributed by atoms with van der Waals surface area (Å²) >= 11 is 0. The monoisotopic (exact) mass is 566 g/mol. The maximum atomic E-state index is 14.1. The molecule has 1 saturated heterocycles. The van der Waals surface area contributed by atoms with Gasteiger partial charge in [0, 0.05) is 25.8 Å². The van der Waals surface area contributed by atoms with Crippen LogP contribution in [0.25, 0.3) is 0 Å². The molecule has 40 heavy (non-hydrogen) atoms. The third-order valence-corrected chi connectivity index (χ3v) is 9.41. The van der Waals surface area contributed by atoms with E-state index >= 15 is 0 Å². The number of halogens is 2. The van der Waals surface area contributed by atoms with E-state index in [1.165, 1.54) is 4.90 Å². The zero-order valence-corrected chi connectivity index (χ0v) is 24.2. The van der Waals surface area contributed by atoms with Crippen molar-refractivity contribution in [3.05, 3.63) is 0 Å². The van der Waals surface area contributed by atoms with Crippen LogP contribution in [0, 0.1) is 34.5 Å². The zero-order valence-electron chi connectivity index (χ0n) is 24.2. The summed E-state index contributed by atoms with van der Waals surface area (Å²) in [5.74, 6) is -6.48. The van der Waals surface area contributed by atoms with Gasteiger partial charge in [0.2, 0.25) is 29.4 Å². The van der Waals surface area contributed by atoms with E-state index in [2.05, 4.69) is 10.6 Å². The molecule has 0 aromatic heterocycles. The Hall–Kier alpha value is -2.59. The quantitative estimate of drug-likeness (QED) is 0.349. The first-order valence-electron chi connectivity index (χ1n) is 14.5. The number of likely N-dealkylation sites (tertiary alicyclic amines) is 1. The van der Waals surface area contributed by atoms with Crippen molar-refractivity contribution in [3.8, 4) is 0 Å². The predicted molar refractivity (Wildman–Crippen MR) is 143 cm³/mol. The van der Waals surface area contributed by atoms with Crippen LogP contribution in [0.5, 0.6) is 0 Å². The average molecular weight is 567 g/mol. The Morgan fingerprint density at radius 1 is 1.00 bits per heavy atom. The summed E-state index contributed by atoms with van der Waals surface area (Å²) in [6.45, 7) is 10.0. The number of hydrogen-bond acceptors (Lipinski definition) is 5. The Morgan fingerprint density at radius 2 is 1.60 bits per heavy atom. The van der Waals surface area contributed by atoms with Crippen LogP contribution in [0.1, 0.15) is 86.0 Å². The maximum Gasteiger partial charge on any atom is 0.287 e. The highest BCUT2D eigenvalue weighted by Crippen LogP contribution is 2.65. The summed E-state index contributed by atoms with van der Waals surface area (Å²) in [5.41, 5.74) is 4.69. The standard InChI is InChI=1S/C29H44F2N4O5/c1-27(2,3)13-19(36)34-21(16-8-10-29(30,31)11-9-16)26(40)35-14-17-20(28(17,4)5)22(35)25(39)33-18(12-15-6-7-15)23(37)24(32)38/h15-18,20-22H,6-14H2,1-5H3,(H2,32,38)(H,33,39)(H,34,36)/t17-,18?,20-,21-,22-/m0/s1. The van der Waals surface area contributed by atoms with Gasteiger partial charge in [0.25, 0.3) is 5.91 Å². The van der Waals surface area contributed by atoms with E-state index in [-0.39, 0.29) is 66.6 Å². The second kappa shape index (κ2) is 10.7. The first kappa shape index (κ1) is 30.4. The van der Waals surface area contributed by atoms with Gasteiger partial charge in [-0.25, -0.2) is 8.78 Å². The van der Waals surface area contributed by atoms with Gasteiger partial charge in [-0.15, -0.1) is 0 Å². The van der Waals surface area contributed by atoms with E-state index in [1.807, 2.05) is 34.6 Å². The van der Waals surface area contributed by atoms with Gasteiger partial charge in [0.1, 0.15) is 12.1 Å². The summed E-state index contributed by atoms with van der Waals surface area (Å²) in [5, 5.41) is 5.57. The highest BCUT2D eigenvalue weighted by molar-refractivity contribution is 6.37. The van der Waals surface area contributed by atoms with Gasteiger partial charge in [-0.1, -0.05) is 47.5 Å². The maximum absolute atomic E-state index is 14.1. The molecule has 3 saturated carbocycles. The fourth-order valence-electron chi connectivity index (χ4n) is 6.82. The minimum Gasteiger partial charge on any atom is -0.363 e. The third-order valence-electron chi connectivity index (χ3n) is 9.41. The smallest absolute Gasteiger partial charge is 0.287 e. The highest BCUT2D eigenvalue weighted by atomic mass is 19.3. The zero-order chi connectivity index (χ0) is 29.8. The third kappa shape index (κ3) is 6.65. The number of fused-ring (bicyclic) bond motifs is 1. The van der Waals surface area contributed by atoms with E-state index in [4.69, 9.17) is 5.73 Å². The Kier molecular flexibility index (Phi) is 8.10. The van der Waals surface area contributed by atoms with Crippen LogP contribution in [0.2, 0.25) is 0 Å². The number of carbonyl (C=O) groups is 5. The lowest BCUT2D eigenvalue weighted by atomic mass is 9.81. The second-order valence-electron chi connectivity index (χ2n) is 14.3. The molecule has 1 aliphatic heterocycles. The van der Waals surface area contributed by atoms with Gasteiger partial charge < -0.3 is 21.3 Å². The number of nitrogens with two attached hydrogens (primary N) is 1. The van der Waals surface area contributed by atoms with Crippen molar-refractivity contribution in [2.24, 2.45) is 40.2 Å². The molecule has 11 heteroatoms. The number of primary amides is 1. The molecule has 0 aromatic carbocycles. The van der Waals surface area contributed by atoms with Gasteiger partial charge >= 0.3 is 0 Å². The average Bonchev–Trinajstić information content (AvgIpc) is 3.67. The Bertz CT molecular complexity index is 1060. The Morgan fingerprint density at radius 3 is 2.12 bits per heavy atom. The number of hydrogen-bond donors (Lipinski definition) is 3. The number of rotatable bonds is 10. The van der Waals surface area contributed by atoms with Crippen LogP contribution in [-0.4, -0.2) is 64.9 Å². The van der Waals surface area contributed by atoms with Gasteiger partial charge in [0.05, 0.1) is 6.04 Å². The van der Waals surface area contributed by atoms with Gasteiger partial charge in [-0.05, 0) is 53.8 Å². The molecular formula is C29H44F2N4O5. The topological polar surface area (TPSA) is 139 Å². The van der Waals surface area contributed by atoms with Crippen molar-refractivity contribution >= 4 is 29.4 Å². The number of carbonyl (C=O) groups excluding carboxylic acids is 5. The molecule has 224 valence electrons. The number of ketones is 1. The van der Waals surface area contributed by atoms with Gasteiger partial charge in [-0.3, -0.25) is 24.0 Å². The molecule has 4 amide bonds. The van der Waals surface area contributed by atoms with E-state index < -0.39 is 53.5 Å². The van der Waals surface area contributed by atoms with E-state index in [9.17, 15) is 32.8 Å².